The lowest BCUT2D eigenvalue weighted by atomic mass is 9.89. The Morgan fingerprint density at radius 2 is 1.92 bits per heavy atom. The fourth-order valence-corrected chi connectivity index (χ4v) is 3.71. The van der Waals surface area contributed by atoms with Crippen LogP contribution in [0.1, 0.15) is 45.4 Å². The van der Waals surface area contributed by atoms with Gasteiger partial charge in [-0.1, -0.05) is 19.3 Å². The van der Waals surface area contributed by atoms with Gasteiger partial charge in [-0.25, -0.2) is 4.39 Å². The average molecular weight is 367 g/mol. The van der Waals surface area contributed by atoms with E-state index >= 15 is 0 Å². The number of esters is 1. The molecule has 0 spiro atoms. The molecule has 0 aliphatic heterocycles. The molecular weight excluding hydrogens is 341 g/mol. The third-order valence-electron chi connectivity index (χ3n) is 4.36. The van der Waals surface area contributed by atoms with Gasteiger partial charge in [0.15, 0.2) is 6.10 Å². The molecule has 1 aliphatic carbocycles. The first-order valence-electron chi connectivity index (χ1n) is 8.90. The molecule has 0 bridgehead atoms. The minimum Gasteiger partial charge on any atom is -0.453 e. The molecule has 4 nitrogen and oxygen atoms in total. The molecule has 0 unspecified atom stereocenters. The summed E-state index contributed by atoms with van der Waals surface area (Å²) in [6.07, 6.45) is 5.51. The molecule has 0 aromatic heterocycles. The number of carbonyl (C=O) groups is 2. The first-order valence-corrected chi connectivity index (χ1v) is 9.88. The van der Waals surface area contributed by atoms with Gasteiger partial charge in [-0.3, -0.25) is 9.59 Å². The summed E-state index contributed by atoms with van der Waals surface area (Å²) >= 11 is 1.45. The Labute approximate surface area is 152 Å². The fraction of sp³-hybridized carbons (Fsp3) is 0.579. The van der Waals surface area contributed by atoms with Gasteiger partial charge in [-0.05, 0) is 49.9 Å². The van der Waals surface area contributed by atoms with Crippen LogP contribution in [0.5, 0.6) is 0 Å². The Hall–Kier alpha value is -1.56. The van der Waals surface area contributed by atoms with Gasteiger partial charge in [-0.15, -0.1) is 11.8 Å². The molecule has 1 atom stereocenters. The van der Waals surface area contributed by atoms with Gasteiger partial charge in [0.1, 0.15) is 5.82 Å². The van der Waals surface area contributed by atoms with E-state index in [1.165, 1.54) is 43.2 Å². The van der Waals surface area contributed by atoms with E-state index in [9.17, 15) is 14.0 Å². The van der Waals surface area contributed by atoms with E-state index in [1.807, 2.05) is 0 Å². The van der Waals surface area contributed by atoms with Crippen molar-refractivity contribution in [1.29, 1.82) is 0 Å². The lowest BCUT2D eigenvalue weighted by molar-refractivity contribution is -0.154. The number of hydrogen-bond acceptors (Lipinski definition) is 4. The van der Waals surface area contributed by atoms with Gasteiger partial charge < -0.3 is 10.1 Å². The molecule has 1 aromatic rings. The topological polar surface area (TPSA) is 55.4 Å². The molecule has 1 aliphatic rings. The van der Waals surface area contributed by atoms with E-state index in [0.717, 1.165) is 17.7 Å². The second kappa shape index (κ2) is 10.4. The predicted molar refractivity (Wildman–Crippen MR) is 96.9 cm³/mol. The number of rotatable bonds is 8. The van der Waals surface area contributed by atoms with Crippen molar-refractivity contribution in [2.24, 2.45) is 5.92 Å². The zero-order chi connectivity index (χ0) is 18.1. The Balaban J connectivity index is 1.61. The summed E-state index contributed by atoms with van der Waals surface area (Å²) in [7, 11) is 0. The minimum atomic E-state index is -0.771. The molecule has 1 N–H and O–H groups in total. The van der Waals surface area contributed by atoms with E-state index in [4.69, 9.17) is 4.74 Å². The molecule has 1 saturated carbocycles. The highest BCUT2D eigenvalue weighted by Gasteiger charge is 2.20. The molecular formula is C19H26FNO3S. The summed E-state index contributed by atoms with van der Waals surface area (Å²) in [5, 5.41) is 2.89. The highest BCUT2D eigenvalue weighted by Crippen LogP contribution is 2.23. The van der Waals surface area contributed by atoms with Crippen LogP contribution in [0.2, 0.25) is 0 Å². The van der Waals surface area contributed by atoms with Gasteiger partial charge in [0.2, 0.25) is 0 Å². The maximum absolute atomic E-state index is 12.8. The van der Waals surface area contributed by atoms with E-state index in [1.54, 1.807) is 19.1 Å². The summed E-state index contributed by atoms with van der Waals surface area (Å²) in [5.41, 5.74) is 0. The third-order valence-corrected chi connectivity index (χ3v) is 5.37. The molecule has 1 aromatic carbocycles. The number of thioether (sulfide) groups is 1. The van der Waals surface area contributed by atoms with Crippen LogP contribution in [0.15, 0.2) is 29.2 Å². The standard InChI is InChI=1S/C19H26FNO3S/c1-14(19(23)21-13-15-5-3-2-4-6-15)24-18(22)11-12-25-17-9-7-16(20)8-10-17/h7-10,14-15H,2-6,11-13H2,1H3,(H,21,23)/t14-/m0/s1. The van der Waals surface area contributed by atoms with E-state index < -0.39 is 12.1 Å². The van der Waals surface area contributed by atoms with Crippen molar-refractivity contribution >= 4 is 23.6 Å². The maximum Gasteiger partial charge on any atom is 0.307 e. The SMILES string of the molecule is C[C@H](OC(=O)CCSc1ccc(F)cc1)C(=O)NCC1CCCCC1. The van der Waals surface area contributed by atoms with Crippen molar-refractivity contribution < 1.29 is 18.7 Å². The van der Waals surface area contributed by atoms with Crippen molar-refractivity contribution in [2.75, 3.05) is 12.3 Å². The van der Waals surface area contributed by atoms with Crippen molar-refractivity contribution in [2.45, 2.75) is 56.4 Å². The number of carbonyl (C=O) groups excluding carboxylic acids is 2. The fourth-order valence-electron chi connectivity index (χ4n) is 2.87. The van der Waals surface area contributed by atoms with Crippen molar-refractivity contribution in [1.82, 2.24) is 5.32 Å². The summed E-state index contributed by atoms with van der Waals surface area (Å²) in [6, 6.07) is 6.12. The van der Waals surface area contributed by atoms with Crippen LogP contribution in [-0.4, -0.2) is 30.3 Å². The number of benzene rings is 1. The molecule has 0 saturated heterocycles. The van der Waals surface area contributed by atoms with E-state index in [2.05, 4.69) is 5.32 Å². The Bertz CT molecular complexity index is 558. The summed E-state index contributed by atoms with van der Waals surface area (Å²) in [4.78, 5) is 24.7. The number of nitrogens with one attached hydrogen (secondary N) is 1. The van der Waals surface area contributed by atoms with Crippen LogP contribution in [0.25, 0.3) is 0 Å². The van der Waals surface area contributed by atoms with Gasteiger partial charge in [0.25, 0.3) is 5.91 Å². The maximum atomic E-state index is 12.8. The van der Waals surface area contributed by atoms with Crippen LogP contribution >= 0.6 is 11.8 Å². The third kappa shape index (κ3) is 7.46. The van der Waals surface area contributed by atoms with Crippen LogP contribution in [-0.2, 0) is 14.3 Å². The lowest BCUT2D eigenvalue weighted by Gasteiger charge is -2.22. The zero-order valence-corrected chi connectivity index (χ0v) is 15.4. The van der Waals surface area contributed by atoms with Crippen molar-refractivity contribution in [3.63, 3.8) is 0 Å². The smallest absolute Gasteiger partial charge is 0.307 e. The molecule has 2 rings (SSSR count). The van der Waals surface area contributed by atoms with Crippen molar-refractivity contribution in [3.05, 3.63) is 30.1 Å². The largest absolute Gasteiger partial charge is 0.453 e. The molecule has 6 heteroatoms. The first kappa shape index (κ1) is 19.8. The summed E-state index contributed by atoms with van der Waals surface area (Å²) in [6.45, 7) is 2.27. The second-order valence-electron chi connectivity index (χ2n) is 6.43. The Morgan fingerprint density at radius 1 is 1.24 bits per heavy atom. The molecule has 0 heterocycles. The minimum absolute atomic E-state index is 0.211. The van der Waals surface area contributed by atoms with Gasteiger partial charge in [0.05, 0.1) is 6.42 Å². The predicted octanol–water partition coefficient (Wildman–Crippen LogP) is 3.94. The molecule has 138 valence electrons. The number of hydrogen-bond donors (Lipinski definition) is 1. The summed E-state index contributed by atoms with van der Waals surface area (Å²) < 4.78 is 18.0. The van der Waals surface area contributed by atoms with Crippen LogP contribution in [0, 0.1) is 11.7 Å². The average Bonchev–Trinajstić information content (AvgIpc) is 2.62. The summed E-state index contributed by atoms with van der Waals surface area (Å²) in [5.74, 6) is 0.172. The highest BCUT2D eigenvalue weighted by molar-refractivity contribution is 7.99. The first-order chi connectivity index (χ1) is 12.0. The lowest BCUT2D eigenvalue weighted by Crippen LogP contribution is -2.38. The number of ether oxygens (including phenoxy) is 1. The van der Waals surface area contributed by atoms with Crippen LogP contribution in [0.3, 0.4) is 0 Å². The molecule has 1 amide bonds. The molecule has 0 radical (unpaired) electrons. The Morgan fingerprint density at radius 3 is 2.60 bits per heavy atom. The van der Waals surface area contributed by atoms with Crippen LogP contribution < -0.4 is 5.32 Å². The van der Waals surface area contributed by atoms with Gasteiger partial charge in [0, 0.05) is 17.2 Å². The number of amides is 1. The van der Waals surface area contributed by atoms with E-state index in [0.29, 0.717) is 18.2 Å². The molecule has 1 fully saturated rings. The van der Waals surface area contributed by atoms with E-state index in [-0.39, 0.29) is 18.1 Å². The second-order valence-corrected chi connectivity index (χ2v) is 7.60. The van der Waals surface area contributed by atoms with Gasteiger partial charge in [-0.2, -0.15) is 0 Å². The monoisotopic (exact) mass is 367 g/mol. The highest BCUT2D eigenvalue weighted by atomic mass is 32.2. The zero-order valence-electron chi connectivity index (χ0n) is 14.6. The Kier molecular flexibility index (Phi) is 8.25. The quantitative estimate of drug-likeness (QED) is 0.559. The number of halogens is 1. The molecule has 25 heavy (non-hydrogen) atoms. The van der Waals surface area contributed by atoms with Gasteiger partial charge >= 0.3 is 5.97 Å². The van der Waals surface area contributed by atoms with Crippen LogP contribution in [0.4, 0.5) is 4.39 Å². The van der Waals surface area contributed by atoms with Crippen molar-refractivity contribution in [3.8, 4) is 0 Å². The normalized spacial score (nSPS) is 16.2.